The van der Waals surface area contributed by atoms with Gasteiger partial charge in [-0.15, -0.1) is 68.0 Å². The minimum Gasteiger partial charge on any atom is -0.337 e. The molecule has 13 rings (SSSR count). The molecule has 4 atom stereocenters. The number of hydrogen-bond acceptors (Lipinski definition) is 12. The van der Waals surface area contributed by atoms with Crippen molar-refractivity contribution in [1.29, 1.82) is 0 Å². The van der Waals surface area contributed by atoms with Gasteiger partial charge in [0, 0.05) is 72.3 Å². The van der Waals surface area contributed by atoms with Crippen molar-refractivity contribution in [2.45, 2.75) is 268 Å². The summed E-state index contributed by atoms with van der Waals surface area (Å²) in [6.45, 7) is 24.6. The number of benzene rings is 2. The van der Waals surface area contributed by atoms with Crippen LogP contribution in [0, 0.1) is 23.7 Å². The number of thiophene rings is 6. The number of nitrogens with zero attached hydrogens (tertiary/aromatic N) is 5. The van der Waals surface area contributed by atoms with E-state index in [1.165, 1.54) is 109 Å². The Hall–Kier alpha value is -7.38. The van der Waals surface area contributed by atoms with Crippen molar-refractivity contribution in [2.75, 3.05) is 26.2 Å². The summed E-state index contributed by atoms with van der Waals surface area (Å²) >= 11 is 9.52. The topological polar surface area (TPSA) is 120 Å². The average molecular weight is 1670 g/mol. The molecule has 0 radical (unpaired) electrons. The minimum atomic E-state index is -0.0892. The van der Waals surface area contributed by atoms with Gasteiger partial charge in [0.25, 0.3) is 23.6 Å². The van der Waals surface area contributed by atoms with Gasteiger partial charge in [-0.05, 0) is 158 Å². The van der Waals surface area contributed by atoms with Crippen LogP contribution in [0.5, 0.6) is 0 Å². The monoisotopic (exact) mass is 1670 g/mol. The third-order valence-corrected chi connectivity index (χ3v) is 32.0. The number of carbonyl (C=O) groups is 6. The van der Waals surface area contributed by atoms with Crippen LogP contribution in [0.15, 0.2) is 131 Å². The summed E-state index contributed by atoms with van der Waals surface area (Å²) in [5.41, 5.74) is 9.68. The number of unbranched alkanes of at least 4 members (excludes halogenated alkanes) is 14. The second-order valence-corrected chi connectivity index (χ2v) is 39.7. The molecular formula is C99H123N5O6S6. The summed E-state index contributed by atoms with van der Waals surface area (Å²) in [4.78, 5) is 107. The molecule has 4 unspecified atom stereocenters. The Kier molecular flexibility index (Phi) is 30.6. The van der Waals surface area contributed by atoms with E-state index in [1.807, 2.05) is 43.9 Å². The number of aldehydes is 2. The highest BCUT2D eigenvalue weighted by molar-refractivity contribution is 7.24. The lowest BCUT2D eigenvalue weighted by molar-refractivity contribution is -0.124. The molecule has 0 N–H and O–H groups in total. The maximum Gasteiger partial charge on any atom is 0.261 e. The Morgan fingerprint density at radius 3 is 0.845 bits per heavy atom. The maximum atomic E-state index is 16.0. The fourth-order valence-corrected chi connectivity index (χ4v) is 24.3. The van der Waals surface area contributed by atoms with Crippen LogP contribution in [0.3, 0.4) is 0 Å². The molecule has 0 fully saturated rings. The van der Waals surface area contributed by atoms with E-state index in [1.54, 1.807) is 45.3 Å². The van der Waals surface area contributed by atoms with Gasteiger partial charge in [-0.3, -0.25) is 28.8 Å². The number of amides is 4. The lowest BCUT2D eigenvalue weighted by Crippen LogP contribution is -2.34. The number of aromatic nitrogens is 1. The first kappa shape index (κ1) is 86.5. The van der Waals surface area contributed by atoms with Gasteiger partial charge in [-0.1, -0.05) is 248 Å². The van der Waals surface area contributed by atoms with Crippen LogP contribution in [0.25, 0.3) is 85.0 Å². The molecule has 0 bridgehead atoms. The van der Waals surface area contributed by atoms with Gasteiger partial charge in [-0.25, -0.2) is 0 Å². The van der Waals surface area contributed by atoms with Gasteiger partial charge in [-0.2, -0.15) is 0 Å². The van der Waals surface area contributed by atoms with Crippen molar-refractivity contribution in [3.63, 3.8) is 0 Å². The lowest BCUT2D eigenvalue weighted by atomic mass is 9.98. The summed E-state index contributed by atoms with van der Waals surface area (Å²) in [5.74, 6) is 0.662. The molecule has 0 aliphatic carbocycles. The summed E-state index contributed by atoms with van der Waals surface area (Å²) in [6, 6.07) is 39.4. The fraction of sp³-hybridized carbons (Fsp3) is 0.495. The van der Waals surface area contributed by atoms with Gasteiger partial charge in [0.05, 0.1) is 85.4 Å². The van der Waals surface area contributed by atoms with Crippen molar-refractivity contribution in [3.8, 4) is 40.4 Å². The van der Waals surface area contributed by atoms with E-state index in [2.05, 4.69) is 159 Å². The largest absolute Gasteiger partial charge is 0.337 e. The average Bonchev–Trinajstić information content (AvgIpc) is 1.56. The van der Waals surface area contributed by atoms with Crippen LogP contribution < -0.4 is 0 Å². The van der Waals surface area contributed by atoms with E-state index in [0.717, 1.165) is 224 Å². The molecule has 0 saturated heterocycles. The van der Waals surface area contributed by atoms with E-state index in [4.69, 9.17) is 0 Å². The molecule has 4 amide bonds. The molecule has 9 aromatic rings. The van der Waals surface area contributed by atoms with Crippen molar-refractivity contribution in [1.82, 2.24) is 24.2 Å². The second kappa shape index (κ2) is 41.1. The number of hydrogen-bond donors (Lipinski definition) is 0. The maximum absolute atomic E-state index is 16.0. The molecule has 11 heterocycles. The van der Waals surface area contributed by atoms with Gasteiger partial charge >= 0.3 is 0 Å². The number of rotatable bonds is 49. The van der Waals surface area contributed by atoms with Crippen LogP contribution in [-0.2, 0) is 19.2 Å². The normalized spacial score (nSPS) is 15.7. The molecule has 2 aromatic carbocycles. The zero-order chi connectivity index (χ0) is 81.5. The Morgan fingerprint density at radius 1 is 0.284 bits per heavy atom. The smallest absolute Gasteiger partial charge is 0.261 e. The standard InChI is InChI=1S/C99H123N5O6S6/c1-11-21-27-29-31-33-39-71(40-34-32-30-28-22-12-2)104-76-57-69(78-49-53-84(113-78)92-88-90(98(109)100(92)59-65(17-7)35-23-13-3)94(102(96(88)107)61-67(19-9)37-25-15-5)86-55-51-82(115-86)80-47-43-72(63-105)111-80)41-45-74(76)75-46-42-70(58-77(75)104)79-50-54-85(114-79)93-89-91(99(110)101(93)60-66(18-8)36-24-14-4)95(103(97(89)108)62-68(20-10)38-26-16-6)87-56-52-83(116-87)81-48-44-73(64-106)112-81/h41-58,63-68,71H,11-40,59-62H2,1-10H3. The highest BCUT2D eigenvalue weighted by atomic mass is 32.1. The van der Waals surface area contributed by atoms with Crippen molar-refractivity contribution in [3.05, 3.63) is 161 Å². The predicted octanol–water partition coefficient (Wildman–Crippen LogP) is 29.0. The second-order valence-electron chi connectivity index (χ2n) is 33.1. The molecule has 4 aliphatic heterocycles. The van der Waals surface area contributed by atoms with Gasteiger partial charge in [0.1, 0.15) is 0 Å². The van der Waals surface area contributed by atoms with Crippen LogP contribution >= 0.6 is 68.0 Å². The summed E-state index contributed by atoms with van der Waals surface area (Å²) in [7, 11) is 0. The van der Waals surface area contributed by atoms with Gasteiger partial charge in [0.2, 0.25) is 0 Å². The Morgan fingerprint density at radius 2 is 0.552 bits per heavy atom. The SMILES string of the molecule is CCCCCCCCC(CCCCCCCC)n1c2cc(-c3ccc(C4=C5C(=O)N(CC(CC)CCCC)C(c6ccc(-c7ccc(C=O)s7)s6)=C5C(=O)N4CC(CC)CCCC)s3)ccc2c2ccc(-c3ccc(C4=C5C(=O)N(CC(CC)CCCC)C(c6ccc(-c7ccc(C=O)s7)s6)=C5C(=O)N4CC(CC)CCCC)s3)cc21. The van der Waals surface area contributed by atoms with Gasteiger partial charge in [0.15, 0.2) is 12.6 Å². The third kappa shape index (κ3) is 18.6. The van der Waals surface area contributed by atoms with E-state index in [0.29, 0.717) is 58.2 Å². The van der Waals surface area contributed by atoms with Crippen LogP contribution in [0.2, 0.25) is 0 Å². The van der Waals surface area contributed by atoms with E-state index < -0.39 is 0 Å². The van der Waals surface area contributed by atoms with Crippen molar-refractivity contribution < 1.29 is 28.8 Å². The first-order valence-electron chi connectivity index (χ1n) is 44.6. The molecule has 0 spiro atoms. The lowest BCUT2D eigenvalue weighted by Gasteiger charge is -2.29. The molecule has 7 aromatic heterocycles. The molecule has 11 nitrogen and oxygen atoms in total. The highest BCUT2D eigenvalue weighted by Crippen LogP contribution is 2.55. The van der Waals surface area contributed by atoms with E-state index in [-0.39, 0.29) is 53.3 Å². The first-order valence-corrected chi connectivity index (χ1v) is 49.4. The van der Waals surface area contributed by atoms with Gasteiger partial charge < -0.3 is 24.2 Å². The van der Waals surface area contributed by atoms with E-state index >= 15 is 19.2 Å². The van der Waals surface area contributed by atoms with Crippen molar-refractivity contribution in [2.24, 2.45) is 23.7 Å². The summed E-state index contributed by atoms with van der Waals surface area (Å²) in [5, 5.41) is 2.43. The number of fused-ring (bicyclic) bond motifs is 5. The summed E-state index contributed by atoms with van der Waals surface area (Å²) in [6.07, 6.45) is 34.8. The molecule has 17 heteroatoms. The predicted molar refractivity (Wildman–Crippen MR) is 495 cm³/mol. The quantitative estimate of drug-likeness (QED) is 0.0277. The van der Waals surface area contributed by atoms with E-state index in [9.17, 15) is 9.59 Å². The Balaban J connectivity index is 0.947. The minimum absolute atomic E-state index is 0.0892. The molecular weight excluding hydrogens is 1550 g/mol. The Labute approximate surface area is 715 Å². The number of carbonyl (C=O) groups excluding carboxylic acids is 6. The zero-order valence-corrected chi connectivity index (χ0v) is 75.5. The zero-order valence-electron chi connectivity index (χ0n) is 70.6. The Bertz CT molecular complexity index is 4760. The van der Waals surface area contributed by atoms with Crippen LogP contribution in [0.4, 0.5) is 0 Å². The molecule has 116 heavy (non-hydrogen) atoms. The molecule has 0 saturated carbocycles. The third-order valence-electron chi connectivity index (χ3n) is 25.1. The molecule has 616 valence electrons. The van der Waals surface area contributed by atoms with Crippen LogP contribution in [0.1, 0.15) is 307 Å². The van der Waals surface area contributed by atoms with Crippen LogP contribution in [-0.4, -0.2) is 86.5 Å². The van der Waals surface area contributed by atoms with Crippen molar-refractivity contribution >= 4 is 149 Å². The summed E-state index contributed by atoms with van der Waals surface area (Å²) < 4.78 is 2.74. The molecule has 4 aliphatic rings. The first-order chi connectivity index (χ1) is 56.7. The highest BCUT2D eigenvalue weighted by Gasteiger charge is 2.52. The fourth-order valence-electron chi connectivity index (χ4n) is 18.2.